The van der Waals surface area contributed by atoms with Crippen molar-refractivity contribution in [2.45, 2.75) is 39.1 Å². The molecule has 3 rings (SSSR count). The van der Waals surface area contributed by atoms with Crippen LogP contribution in [0.25, 0.3) is 0 Å². The normalized spacial score (nSPS) is 20.6. The lowest BCUT2D eigenvalue weighted by Crippen LogP contribution is -2.45. The van der Waals surface area contributed by atoms with E-state index >= 15 is 0 Å². The maximum absolute atomic E-state index is 12.6. The molecule has 178 valence electrons. The number of anilines is 1. The summed E-state index contributed by atoms with van der Waals surface area (Å²) in [5.41, 5.74) is 0.843. The van der Waals surface area contributed by atoms with Gasteiger partial charge in [-0.25, -0.2) is 9.93 Å². The average Bonchev–Trinajstić information content (AvgIpc) is 3.18. The standard InChI is InChI=1S/C22H28ClN5O4S/c1-21(2,3)19-25-13-22(32-19,16-5-4-6-17(23)11-16)14-26-20(29)28-18-9-7-15(8-10-18)12-27-33(24,30)31/h4-11,13,19,27H,12,14H2,1-3H3,(H2,24,30,31)(H2,26,28,29). The van der Waals surface area contributed by atoms with E-state index in [1.807, 2.05) is 32.9 Å². The lowest BCUT2D eigenvalue weighted by molar-refractivity contribution is -0.0720. The largest absolute Gasteiger partial charge is 0.337 e. The number of nitrogens with zero attached hydrogens (tertiary/aromatic N) is 1. The zero-order valence-corrected chi connectivity index (χ0v) is 20.2. The van der Waals surface area contributed by atoms with Crippen molar-refractivity contribution in [3.05, 3.63) is 64.7 Å². The van der Waals surface area contributed by atoms with Crippen LogP contribution in [-0.2, 0) is 27.1 Å². The second-order valence-corrected chi connectivity index (χ2v) is 10.7. The van der Waals surface area contributed by atoms with Crippen LogP contribution in [0.5, 0.6) is 0 Å². The highest BCUT2D eigenvalue weighted by molar-refractivity contribution is 7.87. The van der Waals surface area contributed by atoms with Gasteiger partial charge in [-0.1, -0.05) is 56.6 Å². The van der Waals surface area contributed by atoms with Gasteiger partial charge in [-0.15, -0.1) is 0 Å². The number of hydrogen-bond donors (Lipinski definition) is 4. The number of carbonyl (C=O) groups is 1. The summed E-state index contributed by atoms with van der Waals surface area (Å²) in [6.07, 6.45) is 1.35. The molecule has 33 heavy (non-hydrogen) atoms. The van der Waals surface area contributed by atoms with Crippen LogP contribution in [-0.4, -0.2) is 33.4 Å². The van der Waals surface area contributed by atoms with E-state index in [0.717, 1.165) is 5.56 Å². The summed E-state index contributed by atoms with van der Waals surface area (Å²) in [6.45, 7) is 6.30. The van der Waals surface area contributed by atoms with Crippen molar-refractivity contribution in [2.24, 2.45) is 15.5 Å². The van der Waals surface area contributed by atoms with Crippen molar-refractivity contribution in [3.8, 4) is 0 Å². The molecular formula is C22H28ClN5O4S. The number of hydrogen-bond acceptors (Lipinski definition) is 5. The lowest BCUT2D eigenvalue weighted by atomic mass is 9.93. The van der Waals surface area contributed by atoms with Crippen LogP contribution in [0.2, 0.25) is 5.02 Å². The number of urea groups is 1. The highest BCUT2D eigenvalue weighted by atomic mass is 35.5. The minimum atomic E-state index is -3.77. The SMILES string of the molecule is CC(C)(C)C1N=CC(CNC(=O)Nc2ccc(CNS(N)(=O)=O)cc2)(c2cccc(Cl)c2)O1. The summed E-state index contributed by atoms with van der Waals surface area (Å²) in [7, 11) is -3.77. The molecule has 2 unspecified atom stereocenters. The number of amides is 2. The highest BCUT2D eigenvalue weighted by Crippen LogP contribution is 2.37. The van der Waals surface area contributed by atoms with Crippen LogP contribution in [0.15, 0.2) is 53.5 Å². The zero-order chi connectivity index (χ0) is 24.3. The first-order chi connectivity index (χ1) is 15.4. The fourth-order valence-electron chi connectivity index (χ4n) is 3.21. The zero-order valence-electron chi connectivity index (χ0n) is 18.6. The molecule has 1 heterocycles. The van der Waals surface area contributed by atoms with Crippen molar-refractivity contribution in [1.82, 2.24) is 10.0 Å². The Kier molecular flexibility index (Phi) is 7.45. The Morgan fingerprint density at radius 1 is 1.21 bits per heavy atom. The molecule has 0 saturated carbocycles. The van der Waals surface area contributed by atoms with E-state index in [1.165, 1.54) is 0 Å². The summed E-state index contributed by atoms with van der Waals surface area (Å²) < 4.78 is 30.5. The molecule has 0 saturated heterocycles. The predicted molar refractivity (Wildman–Crippen MR) is 129 cm³/mol. The molecule has 1 aliphatic rings. The topological polar surface area (TPSA) is 135 Å². The van der Waals surface area contributed by atoms with Crippen LogP contribution < -0.4 is 20.5 Å². The van der Waals surface area contributed by atoms with Gasteiger partial charge in [0.2, 0.25) is 0 Å². The summed E-state index contributed by atoms with van der Waals surface area (Å²) in [5.74, 6) is 0. The second kappa shape index (κ2) is 9.78. The fourth-order valence-corrected chi connectivity index (χ4v) is 3.77. The van der Waals surface area contributed by atoms with Gasteiger partial charge in [-0.3, -0.25) is 4.99 Å². The van der Waals surface area contributed by atoms with E-state index < -0.39 is 21.8 Å². The lowest BCUT2D eigenvalue weighted by Gasteiger charge is -2.32. The number of aliphatic imine (C=N–C) groups is 1. The van der Waals surface area contributed by atoms with Gasteiger partial charge in [0.25, 0.3) is 10.2 Å². The van der Waals surface area contributed by atoms with Crippen molar-refractivity contribution < 1.29 is 17.9 Å². The van der Waals surface area contributed by atoms with Gasteiger partial charge >= 0.3 is 6.03 Å². The molecular weight excluding hydrogens is 466 g/mol. The minimum Gasteiger partial charge on any atom is -0.337 e. The number of benzene rings is 2. The molecule has 2 atom stereocenters. The van der Waals surface area contributed by atoms with Crippen LogP contribution in [0.3, 0.4) is 0 Å². The third-order valence-corrected chi connectivity index (χ3v) is 5.78. The van der Waals surface area contributed by atoms with E-state index in [0.29, 0.717) is 16.3 Å². The predicted octanol–water partition coefficient (Wildman–Crippen LogP) is 3.12. The molecule has 1 aliphatic heterocycles. The van der Waals surface area contributed by atoms with Gasteiger partial charge in [0.15, 0.2) is 6.23 Å². The number of halogens is 1. The molecule has 0 spiro atoms. The Morgan fingerprint density at radius 3 is 2.48 bits per heavy atom. The number of nitrogens with one attached hydrogen (secondary N) is 3. The first-order valence-corrected chi connectivity index (χ1v) is 12.2. The average molecular weight is 494 g/mol. The smallest absolute Gasteiger partial charge is 0.319 e. The van der Waals surface area contributed by atoms with Crippen molar-refractivity contribution in [3.63, 3.8) is 0 Å². The first kappa shape index (κ1) is 25.1. The van der Waals surface area contributed by atoms with Crippen LogP contribution >= 0.6 is 11.6 Å². The number of ether oxygens (including phenoxy) is 1. The molecule has 2 aromatic rings. The Labute approximate surface area is 198 Å². The summed E-state index contributed by atoms with van der Waals surface area (Å²) in [6, 6.07) is 13.5. The van der Waals surface area contributed by atoms with Gasteiger partial charge in [0.1, 0.15) is 5.60 Å². The van der Waals surface area contributed by atoms with Crippen molar-refractivity contribution >= 4 is 39.7 Å². The molecule has 2 amide bonds. The Morgan fingerprint density at radius 2 is 1.91 bits per heavy atom. The molecule has 5 N–H and O–H groups in total. The molecule has 11 heteroatoms. The quantitative estimate of drug-likeness (QED) is 0.471. The van der Waals surface area contributed by atoms with Gasteiger partial charge in [0.05, 0.1) is 6.54 Å². The van der Waals surface area contributed by atoms with Gasteiger partial charge < -0.3 is 15.4 Å². The second-order valence-electron chi connectivity index (χ2n) is 8.88. The first-order valence-electron chi connectivity index (χ1n) is 10.3. The Bertz CT molecular complexity index is 1130. The maximum Gasteiger partial charge on any atom is 0.319 e. The molecule has 0 radical (unpaired) electrons. The third-order valence-electron chi connectivity index (χ3n) is 5.00. The molecule has 0 aromatic heterocycles. The Hall–Kier alpha value is -2.50. The van der Waals surface area contributed by atoms with Crippen molar-refractivity contribution in [2.75, 3.05) is 11.9 Å². The van der Waals surface area contributed by atoms with E-state index in [9.17, 15) is 13.2 Å². The molecule has 2 aromatic carbocycles. The molecule has 0 fully saturated rings. The number of nitrogens with two attached hydrogens (primary N) is 1. The van der Waals surface area contributed by atoms with Crippen molar-refractivity contribution in [1.29, 1.82) is 0 Å². The number of rotatable bonds is 7. The summed E-state index contributed by atoms with van der Waals surface area (Å²) in [5, 5.41) is 11.1. The van der Waals surface area contributed by atoms with Gasteiger partial charge in [-0.05, 0) is 35.4 Å². The monoisotopic (exact) mass is 493 g/mol. The highest BCUT2D eigenvalue weighted by Gasteiger charge is 2.43. The van der Waals surface area contributed by atoms with Crippen LogP contribution in [0, 0.1) is 5.41 Å². The minimum absolute atomic E-state index is 0.0546. The molecule has 9 nitrogen and oxygen atoms in total. The number of carbonyl (C=O) groups excluding carboxylic acids is 1. The van der Waals surface area contributed by atoms with Gasteiger partial charge in [0, 0.05) is 28.9 Å². The van der Waals surface area contributed by atoms with E-state index in [-0.39, 0.29) is 24.7 Å². The van der Waals surface area contributed by atoms with E-state index in [1.54, 1.807) is 42.6 Å². The third kappa shape index (κ3) is 6.99. The molecule has 0 bridgehead atoms. The maximum atomic E-state index is 12.6. The van der Waals surface area contributed by atoms with Gasteiger partial charge in [-0.2, -0.15) is 13.1 Å². The Balaban J connectivity index is 1.66. The molecule has 0 aliphatic carbocycles. The van der Waals surface area contributed by atoms with E-state index in [4.69, 9.17) is 21.5 Å². The summed E-state index contributed by atoms with van der Waals surface area (Å²) in [4.78, 5) is 17.1. The van der Waals surface area contributed by atoms with Crippen LogP contribution in [0.4, 0.5) is 10.5 Å². The summed E-state index contributed by atoms with van der Waals surface area (Å²) >= 11 is 6.20. The fraction of sp³-hybridized carbons (Fsp3) is 0.364. The van der Waals surface area contributed by atoms with Crippen LogP contribution in [0.1, 0.15) is 31.9 Å². The van der Waals surface area contributed by atoms with E-state index in [2.05, 4.69) is 20.3 Å².